The highest BCUT2D eigenvalue weighted by atomic mass is 16.3. The lowest BCUT2D eigenvalue weighted by molar-refractivity contribution is 0.622. The summed E-state index contributed by atoms with van der Waals surface area (Å²) in [6.45, 7) is 2.00. The highest BCUT2D eigenvalue weighted by Crippen LogP contribution is 2.28. The largest absolute Gasteiger partial charge is 0.452 e. The van der Waals surface area contributed by atoms with Gasteiger partial charge in [0.1, 0.15) is 5.58 Å². The van der Waals surface area contributed by atoms with Crippen molar-refractivity contribution in [3.05, 3.63) is 29.8 Å². The fourth-order valence-electron chi connectivity index (χ4n) is 2.01. The van der Waals surface area contributed by atoms with Crippen molar-refractivity contribution in [3.8, 4) is 11.6 Å². The van der Waals surface area contributed by atoms with Gasteiger partial charge in [-0.1, -0.05) is 18.2 Å². The molecule has 102 valence electrons. The maximum Gasteiger partial charge on any atom is 0.230 e. The summed E-state index contributed by atoms with van der Waals surface area (Å²) < 4.78 is 5.85. The number of aryl methyl sites for hydroxylation is 1. The van der Waals surface area contributed by atoms with E-state index in [-0.39, 0.29) is 5.95 Å². The summed E-state index contributed by atoms with van der Waals surface area (Å²) in [5.41, 5.74) is 7.64. The zero-order valence-corrected chi connectivity index (χ0v) is 11.6. The van der Waals surface area contributed by atoms with E-state index in [4.69, 9.17) is 10.2 Å². The van der Waals surface area contributed by atoms with Crippen LogP contribution in [0.5, 0.6) is 0 Å². The average molecular weight is 269 g/mol. The molecule has 0 saturated carbocycles. The van der Waals surface area contributed by atoms with Crippen molar-refractivity contribution in [2.75, 3.05) is 24.7 Å². The third-order valence-electron chi connectivity index (χ3n) is 3.00. The molecule has 0 atom stereocenters. The van der Waals surface area contributed by atoms with Crippen molar-refractivity contribution in [1.29, 1.82) is 0 Å². The van der Waals surface area contributed by atoms with E-state index >= 15 is 0 Å². The van der Waals surface area contributed by atoms with Crippen LogP contribution in [-0.4, -0.2) is 29.0 Å². The predicted molar refractivity (Wildman–Crippen MR) is 78.5 cm³/mol. The molecule has 3 rings (SSSR count). The molecule has 6 heteroatoms. The summed E-state index contributed by atoms with van der Waals surface area (Å²) >= 11 is 0. The highest BCUT2D eigenvalue weighted by Gasteiger charge is 2.13. The molecule has 20 heavy (non-hydrogen) atoms. The smallest absolute Gasteiger partial charge is 0.230 e. The summed E-state index contributed by atoms with van der Waals surface area (Å²) in [7, 11) is 3.70. The van der Waals surface area contributed by atoms with Crippen LogP contribution in [0.15, 0.2) is 28.7 Å². The summed E-state index contributed by atoms with van der Waals surface area (Å²) in [4.78, 5) is 14.3. The molecule has 2 N–H and O–H groups in total. The van der Waals surface area contributed by atoms with Gasteiger partial charge in [-0.05, 0) is 18.6 Å². The van der Waals surface area contributed by atoms with Crippen molar-refractivity contribution in [1.82, 2.24) is 15.0 Å². The number of rotatable bonds is 2. The number of hydrogen-bond donors (Lipinski definition) is 1. The van der Waals surface area contributed by atoms with Crippen LogP contribution >= 0.6 is 0 Å². The molecule has 0 unspecified atom stereocenters. The lowest BCUT2D eigenvalue weighted by atomic mass is 10.2. The van der Waals surface area contributed by atoms with Crippen LogP contribution in [0.1, 0.15) is 5.56 Å². The van der Waals surface area contributed by atoms with E-state index in [0.717, 1.165) is 16.5 Å². The van der Waals surface area contributed by atoms with Crippen molar-refractivity contribution in [2.45, 2.75) is 6.92 Å². The van der Waals surface area contributed by atoms with Gasteiger partial charge in [-0.25, -0.2) is 0 Å². The van der Waals surface area contributed by atoms with Gasteiger partial charge < -0.3 is 15.1 Å². The van der Waals surface area contributed by atoms with Crippen molar-refractivity contribution in [3.63, 3.8) is 0 Å². The van der Waals surface area contributed by atoms with Crippen molar-refractivity contribution in [2.24, 2.45) is 0 Å². The summed E-state index contributed by atoms with van der Waals surface area (Å²) in [5, 5.41) is 1.02. The van der Waals surface area contributed by atoms with Crippen molar-refractivity contribution < 1.29 is 4.42 Å². The zero-order chi connectivity index (χ0) is 14.3. The lowest BCUT2D eigenvalue weighted by Crippen LogP contribution is -2.15. The fraction of sp³-hybridized carbons (Fsp3) is 0.214. The highest BCUT2D eigenvalue weighted by molar-refractivity contribution is 5.84. The van der Waals surface area contributed by atoms with Gasteiger partial charge in [0.05, 0.1) is 0 Å². The maximum absolute atomic E-state index is 5.85. The van der Waals surface area contributed by atoms with Gasteiger partial charge in [-0.15, -0.1) is 0 Å². The molecule has 0 aliphatic heterocycles. The van der Waals surface area contributed by atoms with Crippen LogP contribution in [0.3, 0.4) is 0 Å². The third kappa shape index (κ3) is 2.05. The normalized spacial score (nSPS) is 10.9. The van der Waals surface area contributed by atoms with E-state index in [2.05, 4.69) is 15.0 Å². The number of benzene rings is 1. The molecule has 6 nitrogen and oxygen atoms in total. The Kier molecular flexibility index (Phi) is 2.78. The van der Waals surface area contributed by atoms with Gasteiger partial charge >= 0.3 is 0 Å². The number of nitrogen functional groups attached to an aromatic ring is 1. The Bertz CT molecular complexity index is 778. The number of para-hydroxylation sites is 1. The standard InChI is InChI=1S/C14H15N5O/c1-8-5-4-6-9-7-10(20-11(8)9)12-16-13(15)18-14(17-12)19(2)3/h4-7H,1-3H3,(H2,15,16,17,18). The zero-order valence-electron chi connectivity index (χ0n) is 11.6. The van der Waals surface area contributed by atoms with Gasteiger partial charge in [0, 0.05) is 19.5 Å². The monoisotopic (exact) mass is 269 g/mol. The van der Waals surface area contributed by atoms with Gasteiger partial charge in [0.2, 0.25) is 17.7 Å². The predicted octanol–water partition coefficient (Wildman–Crippen LogP) is 2.24. The van der Waals surface area contributed by atoms with Crippen molar-refractivity contribution >= 4 is 22.9 Å². The van der Waals surface area contributed by atoms with E-state index in [1.54, 1.807) is 4.90 Å². The number of fused-ring (bicyclic) bond motifs is 1. The second-order valence-electron chi connectivity index (χ2n) is 4.82. The van der Waals surface area contributed by atoms with Crippen LogP contribution in [-0.2, 0) is 0 Å². The van der Waals surface area contributed by atoms with Crippen LogP contribution in [0.25, 0.3) is 22.6 Å². The minimum absolute atomic E-state index is 0.177. The molecule has 0 bridgehead atoms. The lowest BCUT2D eigenvalue weighted by Gasteiger charge is -2.10. The number of nitrogens with two attached hydrogens (primary N) is 1. The quantitative estimate of drug-likeness (QED) is 0.768. The number of anilines is 2. The molecule has 2 aromatic heterocycles. The molecule has 0 amide bonds. The average Bonchev–Trinajstić information content (AvgIpc) is 2.83. The van der Waals surface area contributed by atoms with Crippen LogP contribution < -0.4 is 10.6 Å². The van der Waals surface area contributed by atoms with E-state index in [9.17, 15) is 0 Å². The first kappa shape index (κ1) is 12.4. The molecule has 0 fully saturated rings. The summed E-state index contributed by atoms with van der Waals surface area (Å²) in [6, 6.07) is 7.90. The van der Waals surface area contributed by atoms with Gasteiger partial charge in [-0.3, -0.25) is 0 Å². The van der Waals surface area contributed by atoms with Crippen LogP contribution in [0, 0.1) is 6.92 Å². The topological polar surface area (TPSA) is 81.1 Å². The van der Waals surface area contributed by atoms with E-state index in [0.29, 0.717) is 17.5 Å². The Hall–Kier alpha value is -2.63. The third-order valence-corrected chi connectivity index (χ3v) is 3.00. The molecule has 0 saturated heterocycles. The van der Waals surface area contributed by atoms with Gasteiger partial charge in [0.25, 0.3) is 0 Å². The summed E-state index contributed by atoms with van der Waals surface area (Å²) in [5.74, 6) is 1.71. The van der Waals surface area contributed by atoms with Crippen LogP contribution in [0.4, 0.5) is 11.9 Å². The fourth-order valence-corrected chi connectivity index (χ4v) is 2.01. The first-order valence-electron chi connectivity index (χ1n) is 6.23. The number of furan rings is 1. The molecular formula is C14H15N5O. The molecule has 0 aliphatic carbocycles. The Balaban J connectivity index is 2.17. The number of nitrogens with zero attached hydrogens (tertiary/aromatic N) is 4. The van der Waals surface area contributed by atoms with E-state index < -0.39 is 0 Å². The first-order chi connectivity index (χ1) is 9.54. The molecule has 0 aliphatic rings. The van der Waals surface area contributed by atoms with Gasteiger partial charge in [-0.2, -0.15) is 15.0 Å². The molecule has 3 aromatic rings. The molecule has 0 radical (unpaired) electrons. The van der Waals surface area contributed by atoms with Crippen LogP contribution in [0.2, 0.25) is 0 Å². The van der Waals surface area contributed by atoms with Gasteiger partial charge in [0.15, 0.2) is 5.76 Å². The first-order valence-corrected chi connectivity index (χ1v) is 6.23. The Morgan fingerprint density at radius 3 is 2.65 bits per heavy atom. The molecule has 0 spiro atoms. The Labute approximate surface area is 116 Å². The minimum Gasteiger partial charge on any atom is -0.452 e. The van der Waals surface area contributed by atoms with E-state index in [1.807, 2.05) is 45.3 Å². The SMILES string of the molecule is Cc1cccc2cc(-c3nc(N)nc(N(C)C)n3)oc12. The second kappa shape index (κ2) is 4.48. The maximum atomic E-state index is 5.85. The van der Waals surface area contributed by atoms with E-state index in [1.165, 1.54) is 0 Å². The molecule has 2 heterocycles. The molecular weight excluding hydrogens is 254 g/mol. The Morgan fingerprint density at radius 2 is 1.95 bits per heavy atom. The second-order valence-corrected chi connectivity index (χ2v) is 4.82. The Morgan fingerprint density at radius 1 is 1.15 bits per heavy atom. The molecule has 1 aromatic carbocycles. The number of hydrogen-bond acceptors (Lipinski definition) is 6. The number of aromatic nitrogens is 3. The summed E-state index contributed by atoms with van der Waals surface area (Å²) in [6.07, 6.45) is 0. The minimum atomic E-state index is 0.177.